The van der Waals surface area contributed by atoms with Crippen LogP contribution < -0.4 is 16.6 Å². The van der Waals surface area contributed by atoms with E-state index in [0.29, 0.717) is 0 Å². The van der Waals surface area contributed by atoms with Crippen molar-refractivity contribution in [2.75, 3.05) is 0 Å². The minimum absolute atomic E-state index is 0.0488. The highest BCUT2D eigenvalue weighted by atomic mass is 32.2. The molecule has 1 aliphatic carbocycles. The van der Waals surface area contributed by atoms with Gasteiger partial charge in [0.05, 0.1) is 20.4 Å². The number of hydrogen-bond donors (Lipinski definition) is 3. The van der Waals surface area contributed by atoms with Gasteiger partial charge in [0.2, 0.25) is 19.9 Å². The van der Waals surface area contributed by atoms with E-state index in [1.54, 1.807) is 6.07 Å². The van der Waals surface area contributed by atoms with Crippen LogP contribution in [-0.4, -0.2) is 22.5 Å². The molecule has 0 atom stereocenters. The van der Waals surface area contributed by atoms with Crippen molar-refractivity contribution >= 4 is 19.9 Å². The monoisotopic (exact) mass is 329 g/mol. The number of allylic oxidation sites excluding steroid dienone is 1. The normalized spacial score (nSPS) is 18.8. The molecule has 0 aromatic heterocycles. The van der Waals surface area contributed by atoms with Crippen molar-refractivity contribution in [2.24, 2.45) is 16.6 Å². The van der Waals surface area contributed by atoms with Crippen LogP contribution in [0, 0.1) is 0 Å². The van der Waals surface area contributed by atoms with E-state index >= 15 is 0 Å². The van der Waals surface area contributed by atoms with Crippen LogP contribution in [0.25, 0.3) is 0 Å². The average Bonchev–Trinajstić information content (AvgIpc) is 2.37. The maximum absolute atomic E-state index is 12.6. The van der Waals surface area contributed by atoms with Crippen LogP contribution in [0.5, 0.6) is 0 Å². The Morgan fingerprint density at radius 2 is 1.57 bits per heavy atom. The van der Waals surface area contributed by atoms with Gasteiger partial charge in [0.1, 0.15) is 0 Å². The minimum atomic E-state index is -4.21. The largest absolute Gasteiger partial charge is 0.310 e. The summed E-state index contributed by atoms with van der Waals surface area (Å²) in [4.78, 5) is -0.936. The number of sulfonamides is 1. The molecule has 21 heavy (non-hydrogen) atoms. The number of benzene rings is 1. The molecule has 6 N–H and O–H groups in total. The number of nitrogens with two attached hydrogens (primary N) is 3. The maximum Gasteiger partial charge on any atom is 0.239 e. The maximum atomic E-state index is 12.6. The van der Waals surface area contributed by atoms with Crippen molar-refractivity contribution in [1.29, 1.82) is 0 Å². The predicted octanol–water partition coefficient (Wildman–Crippen LogP) is -0.466. The van der Waals surface area contributed by atoms with Gasteiger partial charge in [-0.25, -0.2) is 22.0 Å². The third-order valence-corrected chi connectivity index (χ3v) is 6.00. The molecule has 7 nitrogen and oxygen atoms in total. The van der Waals surface area contributed by atoms with Crippen molar-refractivity contribution < 1.29 is 16.8 Å². The highest BCUT2D eigenvalue weighted by molar-refractivity contribution is 7.98. The van der Waals surface area contributed by atoms with Crippen LogP contribution in [0.1, 0.15) is 6.42 Å². The summed E-state index contributed by atoms with van der Waals surface area (Å²) in [7, 11) is -8.27. The zero-order valence-electron chi connectivity index (χ0n) is 10.9. The van der Waals surface area contributed by atoms with Crippen LogP contribution in [0.2, 0.25) is 0 Å². The molecule has 0 unspecified atom stereocenters. The van der Waals surface area contributed by atoms with Crippen LogP contribution in [0.4, 0.5) is 0 Å². The summed E-state index contributed by atoms with van der Waals surface area (Å²) in [6.07, 6.45) is 1.90. The Hall–Kier alpha value is -1.52. The summed E-state index contributed by atoms with van der Waals surface area (Å²) in [5.74, 6) is 0. The molecule has 1 aliphatic rings. The predicted molar refractivity (Wildman–Crippen MR) is 78.6 cm³/mol. The third-order valence-electron chi connectivity index (χ3n) is 2.97. The quantitative estimate of drug-likeness (QED) is 0.639. The summed E-state index contributed by atoms with van der Waals surface area (Å²) in [5, 5.41) is 5.08. The first kappa shape index (κ1) is 15.9. The zero-order chi connectivity index (χ0) is 15.9. The van der Waals surface area contributed by atoms with Crippen molar-refractivity contribution in [3.05, 3.63) is 52.3 Å². The topological polar surface area (TPSA) is 146 Å². The van der Waals surface area contributed by atoms with Gasteiger partial charge in [0.25, 0.3) is 0 Å². The lowest BCUT2D eigenvalue weighted by Crippen LogP contribution is -2.49. The third kappa shape index (κ3) is 3.22. The molecule has 0 bridgehead atoms. The first-order chi connectivity index (χ1) is 9.54. The Kier molecular flexibility index (Phi) is 3.80. The Bertz CT molecular complexity index is 823. The van der Waals surface area contributed by atoms with Crippen molar-refractivity contribution in [3.8, 4) is 0 Å². The molecule has 0 saturated carbocycles. The van der Waals surface area contributed by atoms with Crippen molar-refractivity contribution in [1.82, 2.24) is 0 Å². The van der Waals surface area contributed by atoms with Gasteiger partial charge in [-0.2, -0.15) is 0 Å². The highest BCUT2D eigenvalue weighted by Crippen LogP contribution is 2.32. The highest BCUT2D eigenvalue weighted by Gasteiger charge is 2.35. The van der Waals surface area contributed by atoms with E-state index in [1.807, 2.05) is 0 Å². The molecule has 0 aliphatic heterocycles. The molecule has 114 valence electrons. The van der Waals surface area contributed by atoms with Gasteiger partial charge < -0.3 is 11.5 Å². The van der Waals surface area contributed by atoms with Crippen LogP contribution in [0.3, 0.4) is 0 Å². The van der Waals surface area contributed by atoms with E-state index in [1.165, 1.54) is 30.3 Å². The molecule has 0 spiro atoms. The number of hydrogen-bond acceptors (Lipinski definition) is 6. The lowest BCUT2D eigenvalue weighted by Gasteiger charge is -2.27. The van der Waals surface area contributed by atoms with Crippen LogP contribution >= 0.6 is 0 Å². The number of rotatable bonds is 3. The molecule has 0 radical (unpaired) electrons. The second-order valence-corrected chi connectivity index (χ2v) is 8.27. The second-order valence-electron chi connectivity index (χ2n) is 4.77. The molecule has 1 aromatic carbocycles. The van der Waals surface area contributed by atoms with Crippen LogP contribution in [-0.2, 0) is 19.9 Å². The fourth-order valence-electron chi connectivity index (χ4n) is 1.97. The van der Waals surface area contributed by atoms with Gasteiger partial charge >= 0.3 is 0 Å². The first-order valence-corrected chi connectivity index (χ1v) is 8.90. The summed E-state index contributed by atoms with van der Waals surface area (Å²) in [5.41, 5.74) is 9.96. The standard InChI is InChI=1S/C12H15N3O4S2/c13-12(14)7-6-10(21(15,18)19)11(8-12)20(16,17)9-4-2-1-3-5-9/h1-7H,8,13-14H2,(H2,15,18,19). The van der Waals surface area contributed by atoms with E-state index in [2.05, 4.69) is 0 Å². The van der Waals surface area contributed by atoms with Crippen LogP contribution in [0.15, 0.2) is 57.2 Å². The molecular weight excluding hydrogens is 314 g/mol. The van der Waals surface area contributed by atoms with Gasteiger partial charge in [-0.15, -0.1) is 0 Å². The molecular formula is C12H15N3O4S2. The summed E-state index contributed by atoms with van der Waals surface area (Å²) < 4.78 is 48.4. The molecule has 2 rings (SSSR count). The molecule has 1 aromatic rings. The van der Waals surface area contributed by atoms with E-state index in [0.717, 1.165) is 6.08 Å². The van der Waals surface area contributed by atoms with E-state index in [4.69, 9.17) is 16.6 Å². The fraction of sp³-hybridized carbons (Fsp3) is 0.167. The Labute approximate surface area is 123 Å². The Morgan fingerprint density at radius 3 is 2.10 bits per heavy atom. The fourth-order valence-corrected chi connectivity index (χ4v) is 4.87. The van der Waals surface area contributed by atoms with Gasteiger partial charge in [-0.1, -0.05) is 18.2 Å². The molecule has 0 fully saturated rings. The SMILES string of the molecule is NC1(N)C=CC(S(N)(=O)=O)=C(S(=O)(=O)c2ccccc2)C1. The van der Waals surface area contributed by atoms with Crippen molar-refractivity contribution in [3.63, 3.8) is 0 Å². The Balaban J connectivity index is 2.73. The number of primary sulfonamides is 1. The lowest BCUT2D eigenvalue weighted by molar-refractivity contribution is 0.538. The lowest BCUT2D eigenvalue weighted by atomic mass is 10.0. The molecule has 0 amide bonds. The van der Waals surface area contributed by atoms with Gasteiger partial charge in [0.15, 0.2) is 0 Å². The zero-order valence-corrected chi connectivity index (χ0v) is 12.6. The van der Waals surface area contributed by atoms with E-state index in [-0.39, 0.29) is 11.3 Å². The average molecular weight is 329 g/mol. The van der Waals surface area contributed by atoms with Gasteiger partial charge in [-0.3, -0.25) is 0 Å². The second kappa shape index (κ2) is 5.04. The smallest absolute Gasteiger partial charge is 0.239 e. The van der Waals surface area contributed by atoms with E-state index < -0.39 is 35.3 Å². The Morgan fingerprint density at radius 1 is 1.00 bits per heavy atom. The molecule has 0 heterocycles. The van der Waals surface area contributed by atoms with Gasteiger partial charge in [0, 0.05) is 6.42 Å². The molecule has 0 saturated heterocycles. The summed E-state index contributed by atoms with van der Waals surface area (Å²) in [6.45, 7) is 0. The first-order valence-electron chi connectivity index (χ1n) is 5.87. The molecule has 9 heteroatoms. The number of sulfone groups is 1. The summed E-state index contributed by atoms with van der Waals surface area (Å²) >= 11 is 0. The minimum Gasteiger partial charge on any atom is -0.310 e. The van der Waals surface area contributed by atoms with Gasteiger partial charge in [-0.05, 0) is 24.3 Å². The van der Waals surface area contributed by atoms with Crippen molar-refractivity contribution in [2.45, 2.75) is 17.0 Å². The summed E-state index contributed by atoms with van der Waals surface area (Å²) in [6, 6.07) is 7.42. The van der Waals surface area contributed by atoms with E-state index in [9.17, 15) is 16.8 Å².